The van der Waals surface area contributed by atoms with Crippen molar-refractivity contribution in [2.75, 3.05) is 13.1 Å². The van der Waals surface area contributed by atoms with Gasteiger partial charge in [0.15, 0.2) is 0 Å². The van der Waals surface area contributed by atoms with Gasteiger partial charge in [0.1, 0.15) is 0 Å². The fourth-order valence-electron chi connectivity index (χ4n) is 2.27. The third-order valence-corrected chi connectivity index (χ3v) is 3.54. The topological polar surface area (TPSA) is 29.3 Å². The van der Waals surface area contributed by atoms with E-state index in [4.69, 9.17) is 5.73 Å². The van der Waals surface area contributed by atoms with Gasteiger partial charge >= 0.3 is 0 Å². The molecule has 1 fully saturated rings. The van der Waals surface area contributed by atoms with Gasteiger partial charge in [0.05, 0.1) is 0 Å². The van der Waals surface area contributed by atoms with E-state index < -0.39 is 0 Å². The Morgan fingerprint density at radius 2 is 2.00 bits per heavy atom. The number of hydrogen-bond donors (Lipinski definition) is 1. The van der Waals surface area contributed by atoms with E-state index in [1.807, 2.05) is 0 Å². The van der Waals surface area contributed by atoms with E-state index in [2.05, 4.69) is 36.9 Å². The second-order valence-electron chi connectivity index (χ2n) is 4.52. The molecule has 1 aromatic carbocycles. The zero-order chi connectivity index (χ0) is 10.8. The zero-order valence-corrected chi connectivity index (χ0v) is 9.66. The molecule has 2 heteroatoms. The van der Waals surface area contributed by atoms with Gasteiger partial charge < -0.3 is 5.73 Å². The van der Waals surface area contributed by atoms with Crippen molar-refractivity contribution in [3.05, 3.63) is 34.9 Å². The van der Waals surface area contributed by atoms with Crippen molar-refractivity contribution in [3.8, 4) is 0 Å². The Balaban J connectivity index is 2.10. The molecule has 0 aromatic heterocycles. The second kappa shape index (κ2) is 4.33. The molecule has 0 radical (unpaired) electrons. The Hall–Kier alpha value is -0.860. The maximum atomic E-state index is 5.71. The summed E-state index contributed by atoms with van der Waals surface area (Å²) in [6.45, 7) is 7.46. The predicted molar refractivity (Wildman–Crippen MR) is 63.8 cm³/mol. The standard InChI is InChI=1S/C13H20N2/c1-10-4-3-5-11(2)13(10)9-15-7-6-12(15)8-14/h3-5,12H,6-9,14H2,1-2H3. The highest BCUT2D eigenvalue weighted by molar-refractivity contribution is 5.33. The van der Waals surface area contributed by atoms with Gasteiger partial charge in [-0.3, -0.25) is 4.90 Å². The number of likely N-dealkylation sites (tertiary alicyclic amines) is 1. The van der Waals surface area contributed by atoms with Gasteiger partial charge in [-0.2, -0.15) is 0 Å². The molecule has 1 saturated heterocycles. The minimum atomic E-state index is 0.615. The summed E-state index contributed by atoms with van der Waals surface area (Å²) in [5.74, 6) is 0. The smallest absolute Gasteiger partial charge is 0.0242 e. The molecule has 1 aliphatic heterocycles. The summed E-state index contributed by atoms with van der Waals surface area (Å²) in [5, 5.41) is 0. The van der Waals surface area contributed by atoms with Gasteiger partial charge in [0.25, 0.3) is 0 Å². The number of nitrogens with two attached hydrogens (primary N) is 1. The molecule has 0 amide bonds. The summed E-state index contributed by atoms with van der Waals surface area (Å²) in [6, 6.07) is 7.13. The predicted octanol–water partition coefficient (Wildman–Crippen LogP) is 1.84. The molecule has 1 aliphatic rings. The van der Waals surface area contributed by atoms with Crippen molar-refractivity contribution >= 4 is 0 Å². The molecule has 82 valence electrons. The first kappa shape index (κ1) is 10.7. The van der Waals surface area contributed by atoms with E-state index in [9.17, 15) is 0 Å². The van der Waals surface area contributed by atoms with Gasteiger partial charge in [-0.1, -0.05) is 18.2 Å². The summed E-state index contributed by atoms with van der Waals surface area (Å²) >= 11 is 0. The third-order valence-electron chi connectivity index (χ3n) is 3.54. The van der Waals surface area contributed by atoms with E-state index >= 15 is 0 Å². The van der Waals surface area contributed by atoms with Gasteiger partial charge in [-0.05, 0) is 37.0 Å². The zero-order valence-electron chi connectivity index (χ0n) is 9.66. The van der Waals surface area contributed by atoms with Gasteiger partial charge in [0.2, 0.25) is 0 Å². The Morgan fingerprint density at radius 1 is 1.33 bits per heavy atom. The molecular weight excluding hydrogens is 184 g/mol. The number of hydrogen-bond acceptors (Lipinski definition) is 2. The summed E-state index contributed by atoms with van der Waals surface area (Å²) in [7, 11) is 0. The summed E-state index contributed by atoms with van der Waals surface area (Å²) < 4.78 is 0. The Kier molecular flexibility index (Phi) is 3.08. The Bertz CT molecular complexity index is 324. The summed E-state index contributed by atoms with van der Waals surface area (Å²) in [4.78, 5) is 2.48. The van der Waals surface area contributed by atoms with Crippen LogP contribution in [0.1, 0.15) is 23.1 Å². The first-order valence-corrected chi connectivity index (χ1v) is 5.71. The van der Waals surface area contributed by atoms with E-state index in [0.717, 1.165) is 13.1 Å². The molecule has 0 spiro atoms. The molecular formula is C13H20N2. The number of rotatable bonds is 3. The fraction of sp³-hybridized carbons (Fsp3) is 0.538. The average Bonchev–Trinajstić information content (AvgIpc) is 2.16. The maximum absolute atomic E-state index is 5.71. The Labute approximate surface area is 92.1 Å². The lowest BCUT2D eigenvalue weighted by atomic mass is 9.97. The molecule has 1 atom stereocenters. The van der Waals surface area contributed by atoms with Crippen molar-refractivity contribution in [2.45, 2.75) is 32.9 Å². The molecule has 2 nitrogen and oxygen atoms in total. The third kappa shape index (κ3) is 2.06. The lowest BCUT2D eigenvalue weighted by molar-refractivity contribution is 0.0878. The lowest BCUT2D eigenvalue weighted by Crippen LogP contribution is -2.51. The van der Waals surface area contributed by atoms with Crippen LogP contribution in [0, 0.1) is 13.8 Å². The van der Waals surface area contributed by atoms with Crippen LogP contribution in [0.3, 0.4) is 0 Å². The maximum Gasteiger partial charge on any atom is 0.0242 e. The van der Waals surface area contributed by atoms with Crippen molar-refractivity contribution in [2.24, 2.45) is 5.73 Å². The monoisotopic (exact) mass is 204 g/mol. The minimum Gasteiger partial charge on any atom is -0.329 e. The normalized spacial score (nSPS) is 21.4. The molecule has 2 rings (SSSR count). The van der Waals surface area contributed by atoms with Crippen molar-refractivity contribution < 1.29 is 0 Å². The molecule has 0 bridgehead atoms. The largest absolute Gasteiger partial charge is 0.329 e. The number of benzene rings is 1. The first-order valence-electron chi connectivity index (χ1n) is 5.71. The number of nitrogens with zero attached hydrogens (tertiary/aromatic N) is 1. The van der Waals surface area contributed by atoms with E-state index in [1.165, 1.54) is 29.7 Å². The van der Waals surface area contributed by atoms with Crippen LogP contribution in [0.2, 0.25) is 0 Å². The molecule has 0 aliphatic carbocycles. The van der Waals surface area contributed by atoms with Crippen LogP contribution in [0.25, 0.3) is 0 Å². The van der Waals surface area contributed by atoms with E-state index in [-0.39, 0.29) is 0 Å². The molecule has 1 unspecified atom stereocenters. The minimum absolute atomic E-state index is 0.615. The van der Waals surface area contributed by atoms with Gasteiger partial charge in [-0.15, -0.1) is 0 Å². The quantitative estimate of drug-likeness (QED) is 0.814. The highest BCUT2D eigenvalue weighted by Gasteiger charge is 2.26. The van der Waals surface area contributed by atoms with Gasteiger partial charge in [-0.25, -0.2) is 0 Å². The van der Waals surface area contributed by atoms with Crippen molar-refractivity contribution in [1.82, 2.24) is 4.90 Å². The highest BCUT2D eigenvalue weighted by Crippen LogP contribution is 2.23. The van der Waals surface area contributed by atoms with E-state index in [0.29, 0.717) is 6.04 Å². The molecule has 1 aromatic rings. The van der Waals surface area contributed by atoms with Gasteiger partial charge in [0, 0.05) is 25.7 Å². The van der Waals surface area contributed by atoms with Crippen LogP contribution < -0.4 is 5.73 Å². The summed E-state index contributed by atoms with van der Waals surface area (Å²) in [6.07, 6.45) is 1.27. The second-order valence-corrected chi connectivity index (χ2v) is 4.52. The summed E-state index contributed by atoms with van der Waals surface area (Å²) in [5.41, 5.74) is 10.00. The Morgan fingerprint density at radius 3 is 2.47 bits per heavy atom. The SMILES string of the molecule is Cc1cccc(C)c1CN1CCC1CN. The van der Waals surface area contributed by atoms with Crippen LogP contribution in [0.15, 0.2) is 18.2 Å². The van der Waals surface area contributed by atoms with Crippen LogP contribution in [0.4, 0.5) is 0 Å². The average molecular weight is 204 g/mol. The molecule has 1 heterocycles. The van der Waals surface area contributed by atoms with Crippen LogP contribution >= 0.6 is 0 Å². The highest BCUT2D eigenvalue weighted by atomic mass is 15.2. The van der Waals surface area contributed by atoms with Crippen LogP contribution in [-0.2, 0) is 6.54 Å². The van der Waals surface area contributed by atoms with E-state index in [1.54, 1.807) is 0 Å². The van der Waals surface area contributed by atoms with Crippen LogP contribution in [0.5, 0.6) is 0 Å². The lowest BCUT2D eigenvalue weighted by Gasteiger charge is -2.40. The van der Waals surface area contributed by atoms with Crippen molar-refractivity contribution in [1.29, 1.82) is 0 Å². The first-order chi connectivity index (χ1) is 7.22. The molecule has 0 saturated carbocycles. The van der Waals surface area contributed by atoms with Crippen molar-refractivity contribution in [3.63, 3.8) is 0 Å². The molecule has 2 N–H and O–H groups in total. The number of aryl methyl sites for hydroxylation is 2. The molecule has 15 heavy (non-hydrogen) atoms. The van der Waals surface area contributed by atoms with Crippen LogP contribution in [-0.4, -0.2) is 24.0 Å². The fourth-order valence-corrected chi connectivity index (χ4v) is 2.27.